The Labute approximate surface area is 159 Å². The van der Waals surface area contributed by atoms with Crippen LogP contribution in [-0.4, -0.2) is 14.3 Å². The van der Waals surface area contributed by atoms with Crippen molar-refractivity contribution in [3.63, 3.8) is 0 Å². The molecule has 0 spiro atoms. The molecule has 25 heavy (non-hydrogen) atoms. The van der Waals surface area contributed by atoms with E-state index in [1.807, 2.05) is 12.1 Å². The van der Waals surface area contributed by atoms with Crippen molar-refractivity contribution in [2.45, 2.75) is 10.6 Å². The third-order valence-corrected chi connectivity index (χ3v) is 5.80. The third kappa shape index (κ3) is 4.49. The van der Waals surface area contributed by atoms with Gasteiger partial charge in [-0.25, -0.2) is 8.42 Å². The van der Waals surface area contributed by atoms with Crippen molar-refractivity contribution >= 4 is 44.0 Å². The highest BCUT2D eigenvalue weighted by molar-refractivity contribution is 14.1. The number of furan rings is 1. The molecule has 2 aromatic carbocycles. The number of rotatable bonds is 5. The van der Waals surface area contributed by atoms with Crippen LogP contribution in [0.25, 0.3) is 0 Å². The summed E-state index contributed by atoms with van der Waals surface area (Å²) in [5.74, 6) is -0.439. The first-order valence-electron chi connectivity index (χ1n) is 7.37. The Morgan fingerprint density at radius 1 is 0.960 bits per heavy atom. The van der Waals surface area contributed by atoms with Crippen LogP contribution in [0.5, 0.6) is 0 Å². The molecule has 0 aliphatic heterocycles. The van der Waals surface area contributed by atoms with Crippen LogP contribution in [0.3, 0.4) is 0 Å². The van der Waals surface area contributed by atoms with Crippen LogP contribution in [0.1, 0.15) is 16.3 Å². The summed E-state index contributed by atoms with van der Waals surface area (Å²) in [6.45, 7) is 0. The quantitative estimate of drug-likeness (QED) is 0.574. The Bertz CT molecular complexity index is 979. The van der Waals surface area contributed by atoms with Gasteiger partial charge in [-0.3, -0.25) is 4.79 Å². The fourth-order valence-electron chi connectivity index (χ4n) is 2.20. The number of hydrogen-bond donors (Lipinski definition) is 1. The third-order valence-electron chi connectivity index (χ3n) is 3.42. The average Bonchev–Trinajstić information content (AvgIpc) is 3.06. The Balaban J connectivity index is 1.72. The summed E-state index contributed by atoms with van der Waals surface area (Å²) in [5.41, 5.74) is 0.639. The van der Waals surface area contributed by atoms with Gasteiger partial charge in [-0.15, -0.1) is 0 Å². The monoisotopic (exact) mass is 467 g/mol. The van der Waals surface area contributed by atoms with E-state index in [1.54, 1.807) is 30.3 Å². The molecule has 128 valence electrons. The number of halogens is 1. The summed E-state index contributed by atoms with van der Waals surface area (Å²) in [6, 6.07) is 18.4. The lowest BCUT2D eigenvalue weighted by atomic mass is 10.3. The van der Waals surface area contributed by atoms with Crippen LogP contribution in [0.4, 0.5) is 5.69 Å². The molecule has 5 nitrogen and oxygen atoms in total. The van der Waals surface area contributed by atoms with Gasteiger partial charge in [-0.2, -0.15) is 0 Å². The molecule has 0 unspecified atom stereocenters. The van der Waals surface area contributed by atoms with E-state index in [-0.39, 0.29) is 22.2 Å². The predicted molar refractivity (Wildman–Crippen MR) is 103 cm³/mol. The van der Waals surface area contributed by atoms with Crippen molar-refractivity contribution in [2.24, 2.45) is 0 Å². The topological polar surface area (TPSA) is 76.4 Å². The zero-order chi connectivity index (χ0) is 17.9. The molecule has 1 aromatic heterocycles. The standard InChI is InChI=1S/C18H14INO4S/c19-13-6-8-14(9-7-13)20-18(21)17-11-10-15(24-17)12-25(22,23)16-4-2-1-3-5-16/h1-11H,12H2,(H,20,21). The van der Waals surface area contributed by atoms with E-state index >= 15 is 0 Å². The summed E-state index contributed by atoms with van der Waals surface area (Å²) in [5, 5.41) is 2.71. The first-order chi connectivity index (χ1) is 11.9. The zero-order valence-electron chi connectivity index (χ0n) is 13.0. The van der Waals surface area contributed by atoms with Gasteiger partial charge in [0.1, 0.15) is 11.5 Å². The maximum absolute atomic E-state index is 12.3. The molecule has 7 heteroatoms. The largest absolute Gasteiger partial charge is 0.455 e. The normalized spacial score (nSPS) is 11.2. The number of benzene rings is 2. The lowest BCUT2D eigenvalue weighted by Crippen LogP contribution is -2.10. The number of sulfone groups is 1. The summed E-state index contributed by atoms with van der Waals surface area (Å²) in [7, 11) is -3.52. The van der Waals surface area contributed by atoms with Gasteiger partial charge in [-0.05, 0) is 71.1 Å². The maximum Gasteiger partial charge on any atom is 0.291 e. The van der Waals surface area contributed by atoms with Crippen LogP contribution in [0.15, 0.2) is 76.0 Å². The van der Waals surface area contributed by atoms with Crippen LogP contribution in [0, 0.1) is 3.57 Å². The van der Waals surface area contributed by atoms with Crippen molar-refractivity contribution in [2.75, 3.05) is 5.32 Å². The predicted octanol–water partition coefficient (Wildman–Crippen LogP) is 4.11. The first kappa shape index (κ1) is 17.7. The molecule has 0 bridgehead atoms. The molecule has 0 saturated heterocycles. The van der Waals surface area contributed by atoms with E-state index in [0.717, 1.165) is 3.57 Å². The Hall–Kier alpha value is -2.13. The van der Waals surface area contributed by atoms with Gasteiger partial charge in [0.05, 0.1) is 4.90 Å². The number of anilines is 1. The molecular formula is C18H14INO4S. The van der Waals surface area contributed by atoms with Crippen molar-refractivity contribution in [1.29, 1.82) is 0 Å². The van der Waals surface area contributed by atoms with Crippen molar-refractivity contribution in [1.82, 2.24) is 0 Å². The number of nitrogens with one attached hydrogen (secondary N) is 1. The van der Waals surface area contributed by atoms with Gasteiger partial charge in [0.2, 0.25) is 0 Å². The SMILES string of the molecule is O=C(Nc1ccc(I)cc1)c1ccc(CS(=O)(=O)c2ccccc2)o1. The van der Waals surface area contributed by atoms with Crippen LogP contribution in [0.2, 0.25) is 0 Å². The summed E-state index contributed by atoms with van der Waals surface area (Å²) in [6.07, 6.45) is 0. The molecular weight excluding hydrogens is 453 g/mol. The lowest BCUT2D eigenvalue weighted by molar-refractivity contribution is 0.0995. The molecule has 3 aromatic rings. The highest BCUT2D eigenvalue weighted by atomic mass is 127. The van der Waals surface area contributed by atoms with Crippen LogP contribution >= 0.6 is 22.6 Å². The second-order valence-electron chi connectivity index (χ2n) is 5.30. The fourth-order valence-corrected chi connectivity index (χ4v) is 3.83. The molecule has 3 rings (SSSR count). The van der Waals surface area contributed by atoms with Crippen molar-refractivity contribution < 1.29 is 17.6 Å². The van der Waals surface area contributed by atoms with Crippen molar-refractivity contribution in [3.8, 4) is 0 Å². The van der Waals surface area contributed by atoms with E-state index in [2.05, 4.69) is 27.9 Å². The molecule has 0 aliphatic rings. The smallest absolute Gasteiger partial charge is 0.291 e. The number of amides is 1. The van der Waals surface area contributed by atoms with E-state index in [0.29, 0.717) is 5.69 Å². The van der Waals surface area contributed by atoms with Gasteiger partial charge >= 0.3 is 0 Å². The Morgan fingerprint density at radius 3 is 2.32 bits per heavy atom. The van der Waals surface area contributed by atoms with E-state index in [1.165, 1.54) is 24.3 Å². The van der Waals surface area contributed by atoms with Crippen molar-refractivity contribution in [3.05, 3.63) is 81.8 Å². The van der Waals surface area contributed by atoms with E-state index in [9.17, 15) is 13.2 Å². The second-order valence-corrected chi connectivity index (χ2v) is 8.53. The zero-order valence-corrected chi connectivity index (χ0v) is 16.0. The molecule has 0 radical (unpaired) electrons. The maximum atomic E-state index is 12.3. The lowest BCUT2D eigenvalue weighted by Gasteiger charge is -2.04. The summed E-state index contributed by atoms with van der Waals surface area (Å²) >= 11 is 2.17. The Morgan fingerprint density at radius 2 is 1.64 bits per heavy atom. The Kier molecular flexibility index (Phi) is 5.24. The van der Waals surface area contributed by atoms with Gasteiger partial charge < -0.3 is 9.73 Å². The molecule has 1 amide bonds. The minimum absolute atomic E-state index is 0.0665. The second kappa shape index (κ2) is 7.40. The molecule has 0 fully saturated rings. The minimum Gasteiger partial charge on any atom is -0.455 e. The van der Waals surface area contributed by atoms with Gasteiger partial charge in [0, 0.05) is 9.26 Å². The van der Waals surface area contributed by atoms with Crippen LogP contribution in [-0.2, 0) is 15.6 Å². The summed E-state index contributed by atoms with van der Waals surface area (Å²) < 4.78 is 31.1. The molecule has 1 heterocycles. The minimum atomic E-state index is -3.52. The molecule has 1 N–H and O–H groups in total. The summed E-state index contributed by atoms with van der Waals surface area (Å²) in [4.78, 5) is 12.4. The molecule has 0 aliphatic carbocycles. The molecule has 0 saturated carbocycles. The van der Waals surface area contributed by atoms with Gasteiger partial charge in [0.25, 0.3) is 5.91 Å². The van der Waals surface area contributed by atoms with E-state index in [4.69, 9.17) is 4.42 Å². The number of carbonyl (C=O) groups excluding carboxylic acids is 1. The average molecular weight is 467 g/mol. The fraction of sp³-hybridized carbons (Fsp3) is 0.0556. The van der Waals surface area contributed by atoms with Gasteiger partial charge in [-0.1, -0.05) is 18.2 Å². The first-order valence-corrected chi connectivity index (χ1v) is 10.1. The highest BCUT2D eigenvalue weighted by Crippen LogP contribution is 2.19. The number of hydrogen-bond acceptors (Lipinski definition) is 4. The van der Waals surface area contributed by atoms with Gasteiger partial charge in [0.15, 0.2) is 15.6 Å². The van der Waals surface area contributed by atoms with Crippen LogP contribution < -0.4 is 5.32 Å². The highest BCUT2D eigenvalue weighted by Gasteiger charge is 2.19. The van der Waals surface area contributed by atoms with E-state index < -0.39 is 15.7 Å². The number of carbonyl (C=O) groups is 1. The molecule has 0 atom stereocenters.